The zero-order chi connectivity index (χ0) is 14.9. The molecule has 20 heavy (non-hydrogen) atoms. The summed E-state index contributed by atoms with van der Waals surface area (Å²) in [5.74, 6) is -4.15. The molecule has 1 aromatic rings. The Balaban J connectivity index is 2.27. The summed E-state index contributed by atoms with van der Waals surface area (Å²) in [5.41, 5.74) is 0. The van der Waals surface area contributed by atoms with Crippen molar-refractivity contribution in [3.8, 4) is 0 Å². The van der Waals surface area contributed by atoms with Crippen LogP contribution >= 0.6 is 0 Å². The van der Waals surface area contributed by atoms with Gasteiger partial charge in [-0.3, -0.25) is 0 Å². The molecule has 1 atom stereocenters. The lowest BCUT2D eigenvalue weighted by molar-refractivity contribution is 0.265. The number of hydrogen-bond donors (Lipinski definition) is 2. The molecule has 2 N–H and O–H groups in total. The number of nitrogens with one attached hydrogen (secondary N) is 1. The molecule has 112 valence electrons. The summed E-state index contributed by atoms with van der Waals surface area (Å²) < 4.78 is 65.6. The molecule has 0 bridgehead atoms. The fourth-order valence-electron chi connectivity index (χ4n) is 2.00. The van der Waals surface area contributed by atoms with Crippen molar-refractivity contribution in [2.75, 3.05) is 6.61 Å². The Hall–Kier alpha value is -1.12. The van der Waals surface area contributed by atoms with Gasteiger partial charge in [-0.1, -0.05) is 0 Å². The van der Waals surface area contributed by atoms with Crippen molar-refractivity contribution < 1.29 is 26.7 Å². The maximum Gasteiger partial charge on any atom is 0.243 e. The molecule has 1 aliphatic rings. The van der Waals surface area contributed by atoms with Crippen LogP contribution in [0.4, 0.5) is 13.2 Å². The first-order chi connectivity index (χ1) is 9.35. The van der Waals surface area contributed by atoms with Crippen molar-refractivity contribution >= 4 is 10.0 Å². The summed E-state index contributed by atoms with van der Waals surface area (Å²) in [6.07, 6.45) is 1.82. The second-order valence-electron chi connectivity index (χ2n) is 4.77. The van der Waals surface area contributed by atoms with E-state index in [-0.39, 0.29) is 25.0 Å². The highest BCUT2D eigenvalue weighted by Gasteiger charge is 2.35. The quantitative estimate of drug-likeness (QED) is 0.784. The minimum absolute atomic E-state index is 0.0882. The third-order valence-electron chi connectivity index (χ3n) is 3.20. The van der Waals surface area contributed by atoms with Crippen LogP contribution in [0.15, 0.2) is 17.0 Å². The minimum Gasteiger partial charge on any atom is -0.396 e. The number of sulfonamides is 1. The summed E-state index contributed by atoms with van der Waals surface area (Å²) in [6.45, 7) is -0.218. The average molecular weight is 309 g/mol. The van der Waals surface area contributed by atoms with Gasteiger partial charge in [-0.2, -0.15) is 0 Å². The molecule has 8 heteroatoms. The molecule has 4 nitrogen and oxygen atoms in total. The van der Waals surface area contributed by atoms with Crippen LogP contribution < -0.4 is 4.72 Å². The number of aliphatic hydroxyl groups excluding tert-OH is 1. The summed E-state index contributed by atoms with van der Waals surface area (Å²) in [4.78, 5) is -0.931. The molecular formula is C12H14F3NO3S. The fraction of sp³-hybridized carbons (Fsp3) is 0.500. The van der Waals surface area contributed by atoms with E-state index >= 15 is 0 Å². The first-order valence-corrected chi connectivity index (χ1v) is 7.61. The fourth-order valence-corrected chi connectivity index (χ4v) is 3.41. The number of rotatable bonds is 6. The Kier molecular flexibility index (Phi) is 4.36. The third kappa shape index (κ3) is 3.31. The van der Waals surface area contributed by atoms with Crippen LogP contribution in [-0.4, -0.2) is 26.2 Å². The number of hydrogen-bond acceptors (Lipinski definition) is 3. The molecule has 1 aromatic carbocycles. The van der Waals surface area contributed by atoms with Gasteiger partial charge in [-0.05, 0) is 31.2 Å². The van der Waals surface area contributed by atoms with Gasteiger partial charge in [0.2, 0.25) is 10.0 Å². The third-order valence-corrected chi connectivity index (χ3v) is 4.71. The smallest absolute Gasteiger partial charge is 0.243 e. The van der Waals surface area contributed by atoms with E-state index in [0.29, 0.717) is 6.07 Å². The van der Waals surface area contributed by atoms with Crippen LogP contribution in [0, 0.1) is 23.4 Å². The van der Waals surface area contributed by atoms with Gasteiger partial charge >= 0.3 is 0 Å². The van der Waals surface area contributed by atoms with Gasteiger partial charge in [0.15, 0.2) is 11.6 Å². The molecule has 1 unspecified atom stereocenters. The van der Waals surface area contributed by atoms with Gasteiger partial charge in [0, 0.05) is 18.7 Å². The Labute approximate surface area is 114 Å². The standard InChI is InChI=1S/C12H14F3NO3S/c13-8-5-10(15)12(6-9(8)14)20(18,19)16-11(3-4-17)7-1-2-7/h5-7,11,16-17H,1-4H2. The van der Waals surface area contributed by atoms with Gasteiger partial charge in [0.1, 0.15) is 10.7 Å². The van der Waals surface area contributed by atoms with Gasteiger partial charge in [0.25, 0.3) is 0 Å². The molecule has 2 rings (SSSR count). The lowest BCUT2D eigenvalue weighted by Crippen LogP contribution is -2.37. The van der Waals surface area contributed by atoms with E-state index < -0.39 is 38.4 Å². The Morgan fingerprint density at radius 3 is 2.35 bits per heavy atom. The highest BCUT2D eigenvalue weighted by Crippen LogP contribution is 2.34. The Bertz CT molecular complexity index is 602. The number of benzene rings is 1. The summed E-state index contributed by atoms with van der Waals surface area (Å²) in [6, 6.07) is -0.0182. The predicted molar refractivity (Wildman–Crippen MR) is 64.9 cm³/mol. The van der Waals surface area contributed by atoms with Crippen molar-refractivity contribution in [3.05, 3.63) is 29.6 Å². The van der Waals surface area contributed by atoms with E-state index in [1.54, 1.807) is 0 Å². The summed E-state index contributed by atoms with van der Waals surface area (Å²) in [7, 11) is -4.30. The molecule has 0 heterocycles. The van der Waals surface area contributed by atoms with Crippen LogP contribution in [0.5, 0.6) is 0 Å². The van der Waals surface area contributed by atoms with E-state index in [0.717, 1.165) is 12.8 Å². The Morgan fingerprint density at radius 2 is 1.80 bits per heavy atom. The lowest BCUT2D eigenvalue weighted by atomic mass is 10.1. The van der Waals surface area contributed by atoms with Crippen molar-refractivity contribution in [2.24, 2.45) is 5.92 Å². The average Bonchev–Trinajstić information content (AvgIpc) is 3.17. The van der Waals surface area contributed by atoms with E-state index in [1.807, 2.05) is 0 Å². The topological polar surface area (TPSA) is 66.4 Å². The Morgan fingerprint density at radius 1 is 1.20 bits per heavy atom. The van der Waals surface area contributed by atoms with E-state index in [1.165, 1.54) is 0 Å². The first-order valence-electron chi connectivity index (χ1n) is 6.13. The zero-order valence-corrected chi connectivity index (χ0v) is 11.3. The van der Waals surface area contributed by atoms with Gasteiger partial charge in [-0.25, -0.2) is 26.3 Å². The van der Waals surface area contributed by atoms with Crippen LogP contribution in [0.25, 0.3) is 0 Å². The highest BCUT2D eigenvalue weighted by molar-refractivity contribution is 7.89. The van der Waals surface area contributed by atoms with Crippen molar-refractivity contribution in [1.82, 2.24) is 4.72 Å². The number of aliphatic hydroxyl groups is 1. The van der Waals surface area contributed by atoms with Crippen LogP contribution in [0.3, 0.4) is 0 Å². The molecular weight excluding hydrogens is 295 g/mol. The largest absolute Gasteiger partial charge is 0.396 e. The van der Waals surface area contributed by atoms with Crippen molar-refractivity contribution in [2.45, 2.75) is 30.2 Å². The van der Waals surface area contributed by atoms with Gasteiger partial charge in [0.05, 0.1) is 0 Å². The SMILES string of the molecule is O=S(=O)(NC(CCO)C1CC1)c1cc(F)c(F)cc1F. The normalized spacial score (nSPS) is 17.2. The highest BCUT2D eigenvalue weighted by atomic mass is 32.2. The molecule has 0 amide bonds. The van der Waals surface area contributed by atoms with E-state index in [9.17, 15) is 21.6 Å². The molecule has 1 saturated carbocycles. The monoisotopic (exact) mass is 309 g/mol. The molecule has 0 radical (unpaired) electrons. The predicted octanol–water partition coefficient (Wildman–Crippen LogP) is 1.54. The molecule has 0 aliphatic heterocycles. The van der Waals surface area contributed by atoms with E-state index in [2.05, 4.69) is 4.72 Å². The van der Waals surface area contributed by atoms with Crippen molar-refractivity contribution in [1.29, 1.82) is 0 Å². The van der Waals surface area contributed by atoms with Gasteiger partial charge < -0.3 is 5.11 Å². The molecule has 0 spiro atoms. The maximum atomic E-state index is 13.5. The lowest BCUT2D eigenvalue weighted by Gasteiger charge is -2.17. The summed E-state index contributed by atoms with van der Waals surface area (Å²) >= 11 is 0. The molecule has 0 saturated heterocycles. The maximum absolute atomic E-state index is 13.5. The molecule has 1 aliphatic carbocycles. The van der Waals surface area contributed by atoms with Gasteiger partial charge in [-0.15, -0.1) is 0 Å². The summed E-state index contributed by atoms with van der Waals surface area (Å²) in [5, 5.41) is 8.90. The molecule has 0 aromatic heterocycles. The van der Waals surface area contributed by atoms with Crippen molar-refractivity contribution in [3.63, 3.8) is 0 Å². The van der Waals surface area contributed by atoms with Crippen LogP contribution in [0.1, 0.15) is 19.3 Å². The molecule has 1 fully saturated rings. The number of halogens is 3. The van der Waals surface area contributed by atoms with Crippen LogP contribution in [0.2, 0.25) is 0 Å². The van der Waals surface area contributed by atoms with Crippen LogP contribution in [-0.2, 0) is 10.0 Å². The first kappa shape index (κ1) is 15.3. The minimum atomic E-state index is -4.30. The zero-order valence-electron chi connectivity index (χ0n) is 10.4. The second-order valence-corrected chi connectivity index (χ2v) is 6.46. The second kappa shape index (κ2) is 5.71. The van der Waals surface area contributed by atoms with E-state index in [4.69, 9.17) is 5.11 Å².